The third-order valence-corrected chi connectivity index (χ3v) is 3.25. The average molecular weight is 269 g/mol. The van der Waals surface area contributed by atoms with Gasteiger partial charge in [0.1, 0.15) is 0 Å². The first-order valence-corrected chi connectivity index (χ1v) is 7.47. The first-order chi connectivity index (χ1) is 8.75. The lowest BCUT2D eigenvalue weighted by molar-refractivity contribution is -0.384. The van der Waals surface area contributed by atoms with Crippen molar-refractivity contribution in [2.75, 3.05) is 23.9 Å². The molecule has 0 aliphatic carbocycles. The maximum absolute atomic E-state index is 10.8. The summed E-state index contributed by atoms with van der Waals surface area (Å²) in [5.74, 6) is 1.57. The Morgan fingerprint density at radius 1 is 1.39 bits per heavy atom. The monoisotopic (exact) mass is 269 g/mol. The van der Waals surface area contributed by atoms with Crippen LogP contribution in [-0.4, -0.2) is 28.5 Å². The van der Waals surface area contributed by atoms with E-state index in [1.165, 1.54) is 24.7 Å². The molecular formula is C12H19N3O2S. The molecule has 0 bridgehead atoms. The predicted octanol–water partition coefficient (Wildman–Crippen LogP) is 3.33. The third kappa shape index (κ3) is 5.35. The van der Waals surface area contributed by atoms with E-state index < -0.39 is 4.92 Å². The second-order valence-corrected chi connectivity index (χ2v) is 4.95. The summed E-state index contributed by atoms with van der Waals surface area (Å²) < 4.78 is 0. The fraction of sp³-hybridized carbons (Fsp3) is 0.583. The Hall–Kier alpha value is -1.30. The smallest absolute Gasteiger partial charge is 0.311 e. The van der Waals surface area contributed by atoms with Gasteiger partial charge < -0.3 is 5.32 Å². The van der Waals surface area contributed by atoms with Crippen molar-refractivity contribution in [3.8, 4) is 0 Å². The summed E-state index contributed by atoms with van der Waals surface area (Å²) in [4.78, 5) is 14.3. The van der Waals surface area contributed by atoms with Crippen molar-refractivity contribution in [1.29, 1.82) is 0 Å². The molecule has 0 spiro atoms. The van der Waals surface area contributed by atoms with Crippen LogP contribution in [0.15, 0.2) is 18.3 Å². The van der Waals surface area contributed by atoms with Crippen molar-refractivity contribution in [3.05, 3.63) is 28.4 Å². The minimum absolute atomic E-state index is 0.0416. The maximum atomic E-state index is 10.8. The molecule has 1 heterocycles. The van der Waals surface area contributed by atoms with E-state index in [9.17, 15) is 10.1 Å². The predicted molar refractivity (Wildman–Crippen MR) is 76.2 cm³/mol. The Balaban J connectivity index is 2.25. The zero-order valence-electron chi connectivity index (χ0n) is 10.6. The van der Waals surface area contributed by atoms with Crippen LogP contribution in [0.5, 0.6) is 0 Å². The number of rotatable bonds is 9. The van der Waals surface area contributed by atoms with Crippen molar-refractivity contribution >= 4 is 23.3 Å². The molecule has 0 aromatic carbocycles. The summed E-state index contributed by atoms with van der Waals surface area (Å²) in [6.45, 7) is 0.733. The lowest BCUT2D eigenvalue weighted by atomic mass is 10.2. The highest BCUT2D eigenvalue weighted by molar-refractivity contribution is 7.98. The van der Waals surface area contributed by atoms with Gasteiger partial charge in [0.25, 0.3) is 0 Å². The fourth-order valence-electron chi connectivity index (χ4n) is 1.61. The number of aromatic nitrogens is 1. The van der Waals surface area contributed by atoms with Gasteiger partial charge in [-0.05, 0) is 30.9 Å². The summed E-state index contributed by atoms with van der Waals surface area (Å²) in [6, 6.07) is 3.04. The Labute approximate surface area is 112 Å². The van der Waals surface area contributed by atoms with E-state index in [1.807, 2.05) is 11.8 Å². The Morgan fingerprint density at radius 3 is 2.89 bits per heavy atom. The molecule has 5 nitrogen and oxygen atoms in total. The van der Waals surface area contributed by atoms with E-state index in [1.54, 1.807) is 12.3 Å². The van der Waals surface area contributed by atoms with Gasteiger partial charge in [-0.25, -0.2) is 4.98 Å². The first-order valence-electron chi connectivity index (χ1n) is 6.08. The van der Waals surface area contributed by atoms with Crippen molar-refractivity contribution in [3.63, 3.8) is 0 Å². The van der Waals surface area contributed by atoms with Gasteiger partial charge in [0.2, 0.25) is 5.82 Å². The zero-order chi connectivity index (χ0) is 13.2. The van der Waals surface area contributed by atoms with Gasteiger partial charge >= 0.3 is 5.69 Å². The van der Waals surface area contributed by atoms with Gasteiger partial charge in [-0.3, -0.25) is 10.1 Å². The molecule has 1 rings (SSSR count). The van der Waals surface area contributed by atoms with Crippen molar-refractivity contribution in [1.82, 2.24) is 4.98 Å². The number of nitrogens with one attached hydrogen (secondary N) is 1. The van der Waals surface area contributed by atoms with Crippen LogP contribution in [0.25, 0.3) is 0 Å². The molecule has 1 aromatic rings. The normalized spacial score (nSPS) is 10.3. The molecule has 0 unspecified atom stereocenters. The molecule has 1 aromatic heterocycles. The van der Waals surface area contributed by atoms with Crippen LogP contribution in [0.1, 0.15) is 25.7 Å². The van der Waals surface area contributed by atoms with Gasteiger partial charge in [-0.2, -0.15) is 11.8 Å². The highest BCUT2D eigenvalue weighted by atomic mass is 32.2. The molecule has 6 heteroatoms. The summed E-state index contributed by atoms with van der Waals surface area (Å²) in [7, 11) is 0. The number of nitro groups is 1. The highest BCUT2D eigenvalue weighted by Crippen LogP contribution is 2.20. The average Bonchev–Trinajstić information content (AvgIpc) is 2.38. The summed E-state index contributed by atoms with van der Waals surface area (Å²) in [5, 5.41) is 13.8. The Kier molecular flexibility index (Phi) is 7.17. The molecule has 0 radical (unpaired) electrons. The van der Waals surface area contributed by atoms with E-state index in [4.69, 9.17) is 0 Å². The minimum atomic E-state index is -0.409. The van der Waals surface area contributed by atoms with E-state index >= 15 is 0 Å². The van der Waals surface area contributed by atoms with Crippen LogP contribution in [0.4, 0.5) is 11.5 Å². The molecule has 1 N–H and O–H groups in total. The van der Waals surface area contributed by atoms with Gasteiger partial charge in [0.15, 0.2) is 0 Å². The fourth-order valence-corrected chi connectivity index (χ4v) is 2.10. The van der Waals surface area contributed by atoms with Gasteiger partial charge in [-0.15, -0.1) is 0 Å². The lowest BCUT2D eigenvalue weighted by Crippen LogP contribution is -2.05. The quantitative estimate of drug-likeness (QED) is 0.423. The summed E-state index contributed by atoms with van der Waals surface area (Å²) >= 11 is 1.87. The molecule has 0 atom stereocenters. The van der Waals surface area contributed by atoms with Gasteiger partial charge in [0, 0.05) is 18.8 Å². The molecule has 0 aliphatic rings. The van der Waals surface area contributed by atoms with E-state index in [0.717, 1.165) is 19.4 Å². The molecule has 0 fully saturated rings. The largest absolute Gasteiger partial charge is 0.364 e. The van der Waals surface area contributed by atoms with Gasteiger partial charge in [-0.1, -0.05) is 12.8 Å². The second-order valence-electron chi connectivity index (χ2n) is 3.96. The molecule has 0 saturated carbocycles. The maximum Gasteiger partial charge on any atom is 0.311 e. The van der Waals surface area contributed by atoms with Crippen LogP contribution in [0, 0.1) is 10.1 Å². The van der Waals surface area contributed by atoms with Crippen molar-refractivity contribution < 1.29 is 4.92 Å². The molecule has 0 aliphatic heterocycles. The number of unbranched alkanes of at least 4 members (excludes halogenated alkanes) is 3. The standard InChI is InChI=1S/C12H19N3O2S/c1-18-10-5-3-2-4-8-13-12-11(15(16)17)7-6-9-14-12/h6-7,9H,2-5,8,10H2,1H3,(H,13,14). The number of pyridine rings is 1. The molecule has 0 saturated heterocycles. The van der Waals surface area contributed by atoms with Gasteiger partial charge in [0.05, 0.1) is 4.92 Å². The first kappa shape index (κ1) is 14.8. The van der Waals surface area contributed by atoms with E-state index in [2.05, 4.69) is 16.6 Å². The Morgan fingerprint density at radius 2 is 2.17 bits per heavy atom. The SMILES string of the molecule is CSCCCCCCNc1ncccc1[N+](=O)[O-]. The van der Waals surface area contributed by atoms with Crippen molar-refractivity contribution in [2.24, 2.45) is 0 Å². The van der Waals surface area contributed by atoms with Crippen LogP contribution < -0.4 is 5.32 Å². The minimum Gasteiger partial charge on any atom is -0.364 e. The Bertz CT molecular complexity index is 374. The van der Waals surface area contributed by atoms with Crippen LogP contribution in [0.2, 0.25) is 0 Å². The van der Waals surface area contributed by atoms with Crippen LogP contribution >= 0.6 is 11.8 Å². The third-order valence-electron chi connectivity index (χ3n) is 2.55. The highest BCUT2D eigenvalue weighted by Gasteiger charge is 2.12. The van der Waals surface area contributed by atoms with Crippen LogP contribution in [-0.2, 0) is 0 Å². The van der Waals surface area contributed by atoms with E-state index in [-0.39, 0.29) is 5.69 Å². The van der Waals surface area contributed by atoms with Crippen molar-refractivity contribution in [2.45, 2.75) is 25.7 Å². The number of nitrogens with zero attached hydrogens (tertiary/aromatic N) is 2. The molecule has 0 amide bonds. The van der Waals surface area contributed by atoms with E-state index in [0.29, 0.717) is 5.82 Å². The lowest BCUT2D eigenvalue weighted by Gasteiger charge is -2.05. The number of anilines is 1. The summed E-state index contributed by atoms with van der Waals surface area (Å²) in [6.07, 6.45) is 8.30. The molecule has 100 valence electrons. The summed E-state index contributed by atoms with van der Waals surface area (Å²) in [5.41, 5.74) is 0.0416. The topological polar surface area (TPSA) is 68.1 Å². The zero-order valence-corrected chi connectivity index (χ0v) is 11.4. The number of hydrogen-bond donors (Lipinski definition) is 1. The number of hydrogen-bond acceptors (Lipinski definition) is 5. The molecule has 18 heavy (non-hydrogen) atoms. The van der Waals surface area contributed by atoms with Crippen LogP contribution in [0.3, 0.4) is 0 Å². The number of thioether (sulfide) groups is 1. The second kappa shape index (κ2) is 8.74. The molecular weight excluding hydrogens is 250 g/mol.